The number of amides is 2. The quantitative estimate of drug-likeness (QED) is 0.654. The molecule has 0 aliphatic carbocycles. The van der Waals surface area contributed by atoms with Crippen molar-refractivity contribution in [1.29, 1.82) is 0 Å². The maximum Gasteiger partial charge on any atom is 0.497 e. The van der Waals surface area contributed by atoms with Crippen LogP contribution in [0.2, 0.25) is 0 Å². The number of rotatable bonds is 4. The van der Waals surface area contributed by atoms with Crippen molar-refractivity contribution in [3.8, 4) is 0 Å². The minimum Gasteiger partial charge on any atom is -0.399 e. The summed E-state index contributed by atoms with van der Waals surface area (Å²) in [5.41, 5.74) is -0.573. The zero-order valence-corrected chi connectivity index (χ0v) is 18.8. The molecule has 170 valence electrons. The van der Waals surface area contributed by atoms with E-state index in [4.69, 9.17) is 9.31 Å². The molecule has 2 heterocycles. The molecule has 0 spiro atoms. The summed E-state index contributed by atoms with van der Waals surface area (Å²) in [6.07, 6.45) is 0. The molecule has 32 heavy (non-hydrogen) atoms. The number of benzene rings is 2. The Balaban J connectivity index is 1.62. The molecule has 2 aromatic carbocycles. The van der Waals surface area contributed by atoms with E-state index in [1.807, 2.05) is 27.7 Å². The van der Waals surface area contributed by atoms with Crippen LogP contribution < -0.4 is 10.4 Å². The Bertz CT molecular complexity index is 1050. The van der Waals surface area contributed by atoms with Crippen molar-refractivity contribution in [1.82, 2.24) is 4.90 Å². The van der Waals surface area contributed by atoms with Gasteiger partial charge in [-0.2, -0.15) is 0 Å². The lowest BCUT2D eigenvalue weighted by Crippen LogP contribution is -2.41. The smallest absolute Gasteiger partial charge is 0.399 e. The molecule has 2 aromatic rings. The van der Waals surface area contributed by atoms with Gasteiger partial charge in [-0.15, -0.1) is 0 Å². The highest BCUT2D eigenvalue weighted by molar-refractivity contribution is 6.62. The summed E-state index contributed by atoms with van der Waals surface area (Å²) in [5, 5.41) is 0. The Labute approximate surface area is 186 Å². The van der Waals surface area contributed by atoms with Gasteiger partial charge in [0, 0.05) is 23.3 Å². The Morgan fingerprint density at radius 2 is 1.66 bits per heavy atom. The van der Waals surface area contributed by atoms with E-state index in [9.17, 15) is 13.6 Å². The van der Waals surface area contributed by atoms with E-state index >= 15 is 4.39 Å². The van der Waals surface area contributed by atoms with Crippen molar-refractivity contribution in [2.45, 2.75) is 51.9 Å². The number of nitrogens with zero attached hydrogens (tertiary/aromatic N) is 2. The number of carbonyl (C=O) groups excluding carboxylic acids is 1. The van der Waals surface area contributed by atoms with E-state index in [1.54, 1.807) is 13.0 Å². The van der Waals surface area contributed by atoms with E-state index in [0.29, 0.717) is 12.2 Å². The van der Waals surface area contributed by atoms with Gasteiger partial charge in [-0.1, -0.05) is 6.07 Å². The summed E-state index contributed by atoms with van der Waals surface area (Å²) in [6, 6.07) is 6.49. The van der Waals surface area contributed by atoms with Crippen LogP contribution in [0.25, 0.3) is 0 Å². The topological polar surface area (TPSA) is 42.0 Å². The van der Waals surface area contributed by atoms with Crippen molar-refractivity contribution in [3.05, 3.63) is 59.4 Å². The summed E-state index contributed by atoms with van der Waals surface area (Å²) in [6.45, 7) is 9.65. The van der Waals surface area contributed by atoms with Gasteiger partial charge in [0.05, 0.1) is 23.8 Å². The second kappa shape index (κ2) is 7.81. The van der Waals surface area contributed by atoms with Crippen molar-refractivity contribution in [2.24, 2.45) is 0 Å². The van der Waals surface area contributed by atoms with Gasteiger partial charge in [0.1, 0.15) is 17.5 Å². The molecule has 0 saturated carbocycles. The Morgan fingerprint density at radius 3 is 2.25 bits per heavy atom. The molecule has 2 amide bonds. The molecule has 2 fully saturated rings. The third-order valence-electron chi connectivity index (χ3n) is 6.67. The van der Waals surface area contributed by atoms with Gasteiger partial charge in [0.2, 0.25) is 0 Å². The van der Waals surface area contributed by atoms with E-state index in [0.717, 1.165) is 18.2 Å². The minimum absolute atomic E-state index is 0.0718. The van der Waals surface area contributed by atoms with Crippen LogP contribution in [0.15, 0.2) is 36.4 Å². The molecule has 1 unspecified atom stereocenters. The first-order chi connectivity index (χ1) is 14.9. The van der Waals surface area contributed by atoms with E-state index < -0.39 is 47.8 Å². The number of halogens is 3. The van der Waals surface area contributed by atoms with Crippen molar-refractivity contribution < 1.29 is 27.3 Å². The first-order valence-corrected chi connectivity index (χ1v) is 10.6. The predicted octanol–water partition coefficient (Wildman–Crippen LogP) is 4.41. The fraction of sp³-hybridized carbons (Fsp3) is 0.435. The van der Waals surface area contributed by atoms with Crippen LogP contribution in [-0.4, -0.2) is 42.3 Å². The molecule has 5 nitrogen and oxygen atoms in total. The number of carbonyl (C=O) groups is 1. The van der Waals surface area contributed by atoms with Gasteiger partial charge in [0.15, 0.2) is 0 Å². The van der Waals surface area contributed by atoms with Crippen LogP contribution in [0.1, 0.15) is 46.2 Å². The summed E-state index contributed by atoms with van der Waals surface area (Å²) in [5.74, 6) is -1.75. The number of hydrogen-bond acceptors (Lipinski definition) is 3. The van der Waals surface area contributed by atoms with Crippen LogP contribution in [0.4, 0.5) is 23.7 Å². The zero-order valence-electron chi connectivity index (χ0n) is 18.8. The Hall–Kier alpha value is -2.52. The van der Waals surface area contributed by atoms with E-state index in [-0.39, 0.29) is 17.6 Å². The maximum absolute atomic E-state index is 15.1. The molecule has 0 bridgehead atoms. The number of hydrogen-bond donors (Lipinski definition) is 0. The first-order valence-electron chi connectivity index (χ1n) is 10.6. The summed E-state index contributed by atoms with van der Waals surface area (Å²) in [7, 11) is -0.871. The predicted molar refractivity (Wildman–Crippen MR) is 116 cm³/mol. The largest absolute Gasteiger partial charge is 0.497 e. The average molecular weight is 446 g/mol. The maximum atomic E-state index is 15.1. The molecular weight excluding hydrogens is 420 g/mol. The normalized spacial score (nSPS) is 22.2. The van der Waals surface area contributed by atoms with Crippen LogP contribution in [-0.2, 0) is 9.31 Å². The molecule has 0 aromatic heterocycles. The van der Waals surface area contributed by atoms with Crippen LogP contribution in [0.3, 0.4) is 0 Å². The second-order valence-electron chi connectivity index (χ2n) is 9.15. The third kappa shape index (κ3) is 3.67. The van der Waals surface area contributed by atoms with Gasteiger partial charge < -0.3 is 14.2 Å². The first kappa shape index (κ1) is 22.7. The Morgan fingerprint density at radius 1 is 1.00 bits per heavy atom. The molecule has 2 saturated heterocycles. The lowest BCUT2D eigenvalue weighted by atomic mass is 9.78. The zero-order chi connectivity index (χ0) is 23.4. The van der Waals surface area contributed by atoms with Crippen LogP contribution in [0.5, 0.6) is 0 Å². The average Bonchev–Trinajstić information content (AvgIpc) is 3.15. The highest BCUT2D eigenvalue weighted by Crippen LogP contribution is 2.38. The number of urea groups is 1. The van der Waals surface area contributed by atoms with Gasteiger partial charge in [-0.3, -0.25) is 4.90 Å². The van der Waals surface area contributed by atoms with Gasteiger partial charge in [-0.25, -0.2) is 18.0 Å². The van der Waals surface area contributed by atoms with Gasteiger partial charge in [0.25, 0.3) is 0 Å². The molecule has 4 rings (SSSR count). The minimum atomic E-state index is -0.871. The molecule has 2 aliphatic heterocycles. The van der Waals surface area contributed by atoms with Crippen LogP contribution >= 0.6 is 0 Å². The van der Waals surface area contributed by atoms with Crippen molar-refractivity contribution in [2.75, 3.05) is 18.0 Å². The molecule has 2 aliphatic rings. The standard InChI is InChI=1S/C23H26BF3N2O3/c1-6-28-20(16-11-14(25)7-10-18(16)26)13-29(21(28)30)15-8-9-17(19(27)12-15)24-31-22(2,3)23(4,5)32-24/h7-12,20H,6,13H2,1-5H3. The van der Waals surface area contributed by atoms with Gasteiger partial charge in [-0.05, 0) is 65.0 Å². The SMILES string of the molecule is CCN1C(=O)N(c2ccc(B3OC(C)(C)C(C)(C)O3)c(F)c2)CC1c1cc(F)ccc1F. The van der Waals surface area contributed by atoms with Gasteiger partial charge >= 0.3 is 13.1 Å². The van der Waals surface area contributed by atoms with Crippen LogP contribution in [0, 0.1) is 17.5 Å². The highest BCUT2D eigenvalue weighted by Gasteiger charge is 2.52. The molecule has 0 radical (unpaired) electrons. The summed E-state index contributed by atoms with van der Waals surface area (Å²) < 4.78 is 55.1. The fourth-order valence-electron chi connectivity index (χ4n) is 4.09. The molecular formula is C23H26BF3N2O3. The van der Waals surface area contributed by atoms with Crippen molar-refractivity contribution in [3.63, 3.8) is 0 Å². The molecule has 1 atom stereocenters. The monoisotopic (exact) mass is 446 g/mol. The van der Waals surface area contributed by atoms with E-state index in [1.165, 1.54) is 21.9 Å². The fourth-order valence-corrected chi connectivity index (χ4v) is 4.09. The summed E-state index contributed by atoms with van der Waals surface area (Å²) >= 11 is 0. The highest BCUT2D eigenvalue weighted by atomic mass is 19.1. The second-order valence-corrected chi connectivity index (χ2v) is 9.15. The Kier molecular flexibility index (Phi) is 5.53. The molecule has 0 N–H and O–H groups in total. The lowest BCUT2D eigenvalue weighted by Gasteiger charge is -2.32. The molecule has 9 heteroatoms. The van der Waals surface area contributed by atoms with Crippen molar-refractivity contribution >= 4 is 24.3 Å². The van der Waals surface area contributed by atoms with E-state index in [2.05, 4.69) is 0 Å². The lowest BCUT2D eigenvalue weighted by molar-refractivity contribution is 0.00578. The third-order valence-corrected chi connectivity index (χ3v) is 6.67. The number of likely N-dealkylation sites (N-methyl/N-ethyl adjacent to an activating group) is 1. The number of anilines is 1. The summed E-state index contributed by atoms with van der Waals surface area (Å²) in [4.78, 5) is 15.8.